The Balaban J connectivity index is 1.49. The lowest BCUT2D eigenvalue weighted by atomic mass is 10.0. The Hall–Kier alpha value is -2.86. The van der Waals surface area contributed by atoms with E-state index in [1.165, 1.54) is 12.8 Å². The zero-order valence-electron chi connectivity index (χ0n) is 16.1. The number of carbonyl (C=O) groups is 2. The summed E-state index contributed by atoms with van der Waals surface area (Å²) in [7, 11) is 0. The second-order valence-electron chi connectivity index (χ2n) is 7.18. The minimum Gasteiger partial charge on any atom is -0.326 e. The zero-order chi connectivity index (χ0) is 19.8. The molecule has 3 amide bonds. The zero-order valence-corrected chi connectivity index (χ0v) is 16.1. The smallest absolute Gasteiger partial charge is 0.321 e. The summed E-state index contributed by atoms with van der Waals surface area (Å²) in [5.74, 6) is -0.141. The number of benzene rings is 2. The molecule has 3 rings (SSSR count). The summed E-state index contributed by atoms with van der Waals surface area (Å²) in [5.41, 5.74) is 8.43. The largest absolute Gasteiger partial charge is 0.326 e. The Morgan fingerprint density at radius 1 is 0.857 bits per heavy atom. The minimum absolute atomic E-state index is 0.0625. The van der Waals surface area contributed by atoms with Gasteiger partial charge in [0.2, 0.25) is 5.91 Å². The van der Waals surface area contributed by atoms with Gasteiger partial charge in [-0.1, -0.05) is 43.2 Å². The molecule has 148 valence electrons. The van der Waals surface area contributed by atoms with Crippen LogP contribution in [0.2, 0.25) is 0 Å². The van der Waals surface area contributed by atoms with Crippen molar-refractivity contribution in [3.8, 4) is 0 Å². The highest BCUT2D eigenvalue weighted by Crippen LogP contribution is 2.18. The number of likely N-dealkylation sites (tertiary alicyclic amines) is 1. The Labute approximate surface area is 166 Å². The Bertz CT molecular complexity index is 769. The second-order valence-corrected chi connectivity index (χ2v) is 7.18. The molecule has 6 heteroatoms. The molecule has 0 saturated carbocycles. The van der Waals surface area contributed by atoms with E-state index in [1.807, 2.05) is 35.2 Å². The molecule has 1 atom stereocenters. The number of carbonyl (C=O) groups excluding carboxylic acids is 2. The summed E-state index contributed by atoms with van der Waals surface area (Å²) in [6.07, 6.45) is 4.70. The predicted molar refractivity (Wildman–Crippen MR) is 112 cm³/mol. The second kappa shape index (κ2) is 9.90. The van der Waals surface area contributed by atoms with Crippen molar-refractivity contribution in [1.82, 2.24) is 4.90 Å². The number of nitrogens with two attached hydrogens (primary N) is 1. The standard InChI is InChI=1S/C22H28N4O2/c23-20(17-8-4-3-5-9-17)16-21(27)24-18-10-12-19(13-11-18)25-22(28)26-14-6-1-2-7-15-26/h3-5,8-13,20H,1-2,6-7,14-16,23H2,(H,24,27)(H,25,28). The van der Waals surface area contributed by atoms with Crippen LogP contribution in [-0.4, -0.2) is 29.9 Å². The van der Waals surface area contributed by atoms with Crippen LogP contribution in [0.3, 0.4) is 0 Å². The van der Waals surface area contributed by atoms with Crippen LogP contribution in [0.1, 0.15) is 43.7 Å². The van der Waals surface area contributed by atoms with Crippen molar-refractivity contribution < 1.29 is 9.59 Å². The first-order valence-corrected chi connectivity index (χ1v) is 9.88. The van der Waals surface area contributed by atoms with Crippen molar-refractivity contribution in [2.75, 3.05) is 23.7 Å². The van der Waals surface area contributed by atoms with Crippen LogP contribution in [-0.2, 0) is 4.79 Å². The predicted octanol–water partition coefficient (Wildman–Crippen LogP) is 4.12. The molecular weight excluding hydrogens is 352 g/mol. The van der Waals surface area contributed by atoms with Crippen LogP contribution < -0.4 is 16.4 Å². The van der Waals surface area contributed by atoms with E-state index in [9.17, 15) is 9.59 Å². The van der Waals surface area contributed by atoms with Crippen LogP contribution in [0, 0.1) is 0 Å². The Morgan fingerprint density at radius 3 is 2.04 bits per heavy atom. The highest BCUT2D eigenvalue weighted by Gasteiger charge is 2.15. The first-order valence-electron chi connectivity index (χ1n) is 9.88. The third-order valence-electron chi connectivity index (χ3n) is 4.95. The minimum atomic E-state index is -0.339. The van der Waals surface area contributed by atoms with Gasteiger partial charge in [-0.25, -0.2) is 4.79 Å². The molecule has 0 aromatic heterocycles. The van der Waals surface area contributed by atoms with Gasteiger partial charge < -0.3 is 21.3 Å². The third-order valence-corrected chi connectivity index (χ3v) is 4.95. The molecule has 0 radical (unpaired) electrons. The number of hydrogen-bond donors (Lipinski definition) is 3. The van der Waals surface area contributed by atoms with E-state index in [2.05, 4.69) is 10.6 Å². The summed E-state index contributed by atoms with van der Waals surface area (Å²) < 4.78 is 0. The van der Waals surface area contributed by atoms with Gasteiger partial charge in [0.15, 0.2) is 0 Å². The lowest BCUT2D eigenvalue weighted by Crippen LogP contribution is -2.35. The maximum absolute atomic E-state index is 12.4. The van der Waals surface area contributed by atoms with E-state index in [0.717, 1.165) is 31.5 Å². The van der Waals surface area contributed by atoms with Crippen LogP contribution in [0.25, 0.3) is 0 Å². The molecule has 4 N–H and O–H groups in total. The van der Waals surface area contributed by atoms with E-state index in [4.69, 9.17) is 5.73 Å². The molecule has 0 aliphatic carbocycles. The highest BCUT2D eigenvalue weighted by atomic mass is 16.2. The topological polar surface area (TPSA) is 87.5 Å². The molecule has 0 bridgehead atoms. The van der Waals surface area contributed by atoms with E-state index in [-0.39, 0.29) is 24.4 Å². The van der Waals surface area contributed by atoms with E-state index in [0.29, 0.717) is 11.4 Å². The van der Waals surface area contributed by atoms with Gasteiger partial charge in [-0.15, -0.1) is 0 Å². The van der Waals surface area contributed by atoms with Crippen molar-refractivity contribution in [2.45, 2.75) is 38.1 Å². The fourth-order valence-corrected chi connectivity index (χ4v) is 3.34. The van der Waals surface area contributed by atoms with Crippen molar-refractivity contribution in [1.29, 1.82) is 0 Å². The number of nitrogens with zero attached hydrogens (tertiary/aromatic N) is 1. The molecule has 1 unspecified atom stereocenters. The normalized spacial score (nSPS) is 15.4. The molecule has 0 spiro atoms. The third kappa shape index (κ3) is 5.82. The van der Waals surface area contributed by atoms with Crippen molar-refractivity contribution >= 4 is 23.3 Å². The summed E-state index contributed by atoms with van der Waals surface area (Å²) in [6, 6.07) is 16.3. The summed E-state index contributed by atoms with van der Waals surface area (Å²) in [4.78, 5) is 26.5. The fraction of sp³-hybridized carbons (Fsp3) is 0.364. The summed E-state index contributed by atoms with van der Waals surface area (Å²) >= 11 is 0. The number of urea groups is 1. The molecular formula is C22H28N4O2. The molecule has 2 aromatic rings. The van der Waals surface area contributed by atoms with Crippen LogP contribution in [0.5, 0.6) is 0 Å². The molecule has 2 aromatic carbocycles. The van der Waals surface area contributed by atoms with E-state index in [1.54, 1.807) is 24.3 Å². The first kappa shape index (κ1) is 19.9. The molecule has 1 aliphatic rings. The average molecular weight is 380 g/mol. The molecule has 1 fully saturated rings. The van der Waals surface area contributed by atoms with Crippen LogP contribution in [0.15, 0.2) is 54.6 Å². The fourth-order valence-electron chi connectivity index (χ4n) is 3.34. The lowest BCUT2D eigenvalue weighted by Gasteiger charge is -2.20. The van der Waals surface area contributed by atoms with Gasteiger partial charge in [0.25, 0.3) is 0 Å². The number of hydrogen-bond acceptors (Lipinski definition) is 3. The van der Waals surface area contributed by atoms with Gasteiger partial charge in [0.1, 0.15) is 0 Å². The monoisotopic (exact) mass is 380 g/mol. The van der Waals surface area contributed by atoms with Gasteiger partial charge in [-0.2, -0.15) is 0 Å². The average Bonchev–Trinajstić information content (AvgIpc) is 3.00. The number of rotatable bonds is 5. The Kier molecular flexibility index (Phi) is 7.03. The number of nitrogens with one attached hydrogen (secondary N) is 2. The van der Waals surface area contributed by atoms with Crippen molar-refractivity contribution in [3.63, 3.8) is 0 Å². The number of anilines is 2. The van der Waals surface area contributed by atoms with Gasteiger partial charge >= 0.3 is 6.03 Å². The quantitative estimate of drug-likeness (QED) is 0.729. The van der Waals surface area contributed by atoms with E-state index >= 15 is 0 Å². The van der Waals surface area contributed by atoms with Gasteiger partial charge in [0.05, 0.1) is 0 Å². The molecule has 28 heavy (non-hydrogen) atoms. The number of amides is 3. The lowest BCUT2D eigenvalue weighted by molar-refractivity contribution is -0.116. The first-order chi connectivity index (χ1) is 13.6. The molecule has 1 aliphatic heterocycles. The van der Waals surface area contributed by atoms with Gasteiger partial charge in [-0.3, -0.25) is 4.79 Å². The van der Waals surface area contributed by atoms with Crippen molar-refractivity contribution in [2.24, 2.45) is 5.73 Å². The summed E-state index contributed by atoms with van der Waals surface area (Å²) in [6.45, 7) is 1.61. The maximum Gasteiger partial charge on any atom is 0.321 e. The van der Waals surface area contributed by atoms with Crippen LogP contribution >= 0.6 is 0 Å². The SMILES string of the molecule is NC(CC(=O)Nc1ccc(NC(=O)N2CCCCCC2)cc1)c1ccccc1. The van der Waals surface area contributed by atoms with Crippen molar-refractivity contribution in [3.05, 3.63) is 60.2 Å². The molecule has 6 nitrogen and oxygen atoms in total. The summed E-state index contributed by atoms with van der Waals surface area (Å²) in [5, 5.41) is 5.78. The van der Waals surface area contributed by atoms with Crippen LogP contribution in [0.4, 0.5) is 16.2 Å². The van der Waals surface area contributed by atoms with Gasteiger partial charge in [0, 0.05) is 36.9 Å². The molecule has 1 heterocycles. The molecule has 1 saturated heterocycles. The van der Waals surface area contributed by atoms with E-state index < -0.39 is 0 Å². The highest BCUT2D eigenvalue weighted by molar-refractivity contribution is 5.92. The maximum atomic E-state index is 12.4. The Morgan fingerprint density at radius 2 is 1.43 bits per heavy atom. The van der Waals surface area contributed by atoms with Gasteiger partial charge in [-0.05, 0) is 42.7 Å².